The lowest BCUT2D eigenvalue weighted by Crippen LogP contribution is -2.15. The second-order valence-electron chi connectivity index (χ2n) is 7.18. The fourth-order valence-corrected chi connectivity index (χ4v) is 2.30. The van der Waals surface area contributed by atoms with Crippen molar-refractivity contribution in [3.05, 3.63) is 0 Å². The van der Waals surface area contributed by atoms with Crippen molar-refractivity contribution in [2.24, 2.45) is 16.7 Å². The van der Waals surface area contributed by atoms with Crippen molar-refractivity contribution in [2.75, 3.05) is 0 Å². The lowest BCUT2D eigenvalue weighted by molar-refractivity contribution is 0.238. The molecule has 0 aliphatic heterocycles. The maximum atomic E-state index is 2.41. The maximum absolute atomic E-state index is 2.41. The third kappa shape index (κ3) is 8.59. The molecule has 0 saturated heterocycles. The quantitative estimate of drug-likeness (QED) is 0.564. The van der Waals surface area contributed by atoms with E-state index in [1.165, 1.54) is 25.7 Å². The molecule has 0 aromatic heterocycles. The lowest BCUT2D eigenvalue weighted by atomic mass is 9.78. The fourth-order valence-electron chi connectivity index (χ4n) is 2.30. The highest BCUT2D eigenvalue weighted by Crippen LogP contribution is 2.33. The molecule has 0 aliphatic carbocycles. The summed E-state index contributed by atoms with van der Waals surface area (Å²) in [7, 11) is 0. The van der Waals surface area contributed by atoms with Crippen LogP contribution in [-0.2, 0) is 0 Å². The zero-order chi connectivity index (χ0) is 11.4. The Balaban J connectivity index is 3.76. The van der Waals surface area contributed by atoms with E-state index in [1.807, 2.05) is 0 Å². The number of hydrogen-bond donors (Lipinski definition) is 0. The molecule has 86 valence electrons. The Morgan fingerprint density at radius 3 is 1.71 bits per heavy atom. The number of hydrogen-bond acceptors (Lipinski definition) is 0. The van der Waals surface area contributed by atoms with E-state index in [-0.39, 0.29) is 0 Å². The van der Waals surface area contributed by atoms with Crippen molar-refractivity contribution in [1.82, 2.24) is 0 Å². The van der Waals surface area contributed by atoms with Crippen molar-refractivity contribution in [1.29, 1.82) is 0 Å². The summed E-state index contributed by atoms with van der Waals surface area (Å²) in [6.07, 6.45) is 5.47. The van der Waals surface area contributed by atoms with Gasteiger partial charge in [0.25, 0.3) is 0 Å². The van der Waals surface area contributed by atoms with Gasteiger partial charge in [0.05, 0.1) is 0 Å². The Labute approximate surface area is 91.5 Å². The predicted molar refractivity (Wildman–Crippen MR) is 66.5 cm³/mol. The van der Waals surface area contributed by atoms with Gasteiger partial charge in [-0.05, 0) is 36.0 Å². The third-order valence-electron chi connectivity index (χ3n) is 2.74. The Kier molecular flexibility index (Phi) is 5.19. The number of rotatable bonds is 5. The fraction of sp³-hybridized carbons (Fsp3) is 1.00. The monoisotopic (exact) mass is 198 g/mol. The molecule has 0 fully saturated rings. The highest BCUT2D eigenvalue weighted by atomic mass is 14.3. The Bertz CT molecular complexity index is 146. The Morgan fingerprint density at radius 1 is 0.857 bits per heavy atom. The first-order valence-electron chi connectivity index (χ1n) is 6.12. The van der Waals surface area contributed by atoms with Gasteiger partial charge in [-0.2, -0.15) is 0 Å². The van der Waals surface area contributed by atoms with E-state index in [0.717, 1.165) is 5.92 Å². The summed E-state index contributed by atoms with van der Waals surface area (Å²) in [5, 5.41) is 0. The zero-order valence-corrected chi connectivity index (χ0v) is 11.4. The van der Waals surface area contributed by atoms with Crippen LogP contribution >= 0.6 is 0 Å². The molecule has 0 amide bonds. The molecule has 0 heteroatoms. The van der Waals surface area contributed by atoms with Gasteiger partial charge in [-0.1, -0.05) is 54.9 Å². The summed E-state index contributed by atoms with van der Waals surface area (Å²) >= 11 is 0. The van der Waals surface area contributed by atoms with Crippen molar-refractivity contribution in [3.8, 4) is 0 Å². The molecule has 0 aliphatic rings. The van der Waals surface area contributed by atoms with Crippen LogP contribution in [0.5, 0.6) is 0 Å². The zero-order valence-electron chi connectivity index (χ0n) is 11.4. The topological polar surface area (TPSA) is 0 Å². The van der Waals surface area contributed by atoms with Gasteiger partial charge in [0.1, 0.15) is 0 Å². The van der Waals surface area contributed by atoms with Crippen molar-refractivity contribution in [2.45, 2.75) is 74.1 Å². The summed E-state index contributed by atoms with van der Waals surface area (Å²) in [6.45, 7) is 16.5. The molecule has 0 N–H and O–H groups in total. The van der Waals surface area contributed by atoms with Crippen LogP contribution in [0.3, 0.4) is 0 Å². The SMILES string of the molecule is CC(C)CC(C)(C)CCCC(C)(C)C. The van der Waals surface area contributed by atoms with Crippen LogP contribution in [0.25, 0.3) is 0 Å². The van der Waals surface area contributed by atoms with E-state index in [2.05, 4.69) is 48.5 Å². The van der Waals surface area contributed by atoms with Crippen LogP contribution in [0, 0.1) is 16.7 Å². The summed E-state index contributed by atoms with van der Waals surface area (Å²) in [4.78, 5) is 0. The average Bonchev–Trinajstić information content (AvgIpc) is 1.78. The van der Waals surface area contributed by atoms with E-state index in [0.29, 0.717) is 10.8 Å². The predicted octanol–water partition coefficient (Wildman–Crippen LogP) is 5.28. The minimum atomic E-state index is 0.508. The molecule has 0 bridgehead atoms. The minimum absolute atomic E-state index is 0.508. The highest BCUT2D eigenvalue weighted by Gasteiger charge is 2.20. The first-order chi connectivity index (χ1) is 6.12. The van der Waals surface area contributed by atoms with Gasteiger partial charge in [0.2, 0.25) is 0 Å². The van der Waals surface area contributed by atoms with E-state index < -0.39 is 0 Å². The second kappa shape index (κ2) is 5.19. The molecule has 0 unspecified atom stereocenters. The van der Waals surface area contributed by atoms with Gasteiger partial charge in [-0.15, -0.1) is 0 Å². The molecule has 0 radical (unpaired) electrons. The largest absolute Gasteiger partial charge is 0.0628 e. The van der Waals surface area contributed by atoms with Crippen LogP contribution in [-0.4, -0.2) is 0 Å². The van der Waals surface area contributed by atoms with Crippen LogP contribution in [0.15, 0.2) is 0 Å². The van der Waals surface area contributed by atoms with Gasteiger partial charge in [0, 0.05) is 0 Å². The first-order valence-corrected chi connectivity index (χ1v) is 6.12. The van der Waals surface area contributed by atoms with E-state index in [1.54, 1.807) is 0 Å². The smallest absolute Gasteiger partial charge is 0.0352 e. The van der Waals surface area contributed by atoms with Crippen LogP contribution in [0.2, 0.25) is 0 Å². The van der Waals surface area contributed by atoms with Gasteiger partial charge < -0.3 is 0 Å². The van der Waals surface area contributed by atoms with Crippen molar-refractivity contribution < 1.29 is 0 Å². The molecule has 0 aromatic rings. The van der Waals surface area contributed by atoms with E-state index >= 15 is 0 Å². The molecule has 0 nitrogen and oxygen atoms in total. The van der Waals surface area contributed by atoms with E-state index in [4.69, 9.17) is 0 Å². The minimum Gasteiger partial charge on any atom is -0.0628 e. The molecule has 0 saturated carbocycles. The molecule has 0 spiro atoms. The summed E-state index contributed by atoms with van der Waals surface area (Å²) < 4.78 is 0. The average molecular weight is 198 g/mol. The molecular formula is C14H30. The summed E-state index contributed by atoms with van der Waals surface area (Å²) in [5.41, 5.74) is 1.05. The molecule has 0 atom stereocenters. The Morgan fingerprint density at radius 2 is 1.36 bits per heavy atom. The van der Waals surface area contributed by atoms with Crippen molar-refractivity contribution >= 4 is 0 Å². The molecule has 0 heterocycles. The second-order valence-corrected chi connectivity index (χ2v) is 7.18. The van der Waals surface area contributed by atoms with Gasteiger partial charge >= 0.3 is 0 Å². The highest BCUT2D eigenvalue weighted by molar-refractivity contribution is 4.72. The van der Waals surface area contributed by atoms with Crippen LogP contribution < -0.4 is 0 Å². The van der Waals surface area contributed by atoms with Gasteiger partial charge in [-0.25, -0.2) is 0 Å². The van der Waals surface area contributed by atoms with E-state index in [9.17, 15) is 0 Å². The van der Waals surface area contributed by atoms with Crippen molar-refractivity contribution in [3.63, 3.8) is 0 Å². The molecule has 0 aromatic carbocycles. The molecule has 0 rings (SSSR count). The van der Waals surface area contributed by atoms with Gasteiger partial charge in [0.15, 0.2) is 0 Å². The standard InChI is InChI=1S/C14H30/c1-12(2)11-14(6,7)10-8-9-13(3,4)5/h12H,8-11H2,1-7H3. The summed E-state index contributed by atoms with van der Waals surface area (Å²) in [5.74, 6) is 0.833. The summed E-state index contributed by atoms with van der Waals surface area (Å²) in [6, 6.07) is 0. The maximum Gasteiger partial charge on any atom is -0.0352 e. The Hall–Kier alpha value is 0. The first kappa shape index (κ1) is 14.0. The lowest BCUT2D eigenvalue weighted by Gasteiger charge is -2.28. The van der Waals surface area contributed by atoms with Crippen LogP contribution in [0.4, 0.5) is 0 Å². The van der Waals surface area contributed by atoms with Crippen LogP contribution in [0.1, 0.15) is 74.1 Å². The normalized spacial score (nSPS) is 13.7. The molecule has 14 heavy (non-hydrogen) atoms. The van der Waals surface area contributed by atoms with Gasteiger partial charge in [-0.3, -0.25) is 0 Å². The third-order valence-corrected chi connectivity index (χ3v) is 2.74. The molecular weight excluding hydrogens is 168 g/mol.